The predicted molar refractivity (Wildman–Crippen MR) is 52.0 cm³/mol. The lowest BCUT2D eigenvalue weighted by atomic mass is 9.91. The van der Waals surface area contributed by atoms with Gasteiger partial charge in [0.1, 0.15) is 4.66 Å². The summed E-state index contributed by atoms with van der Waals surface area (Å²) in [6.07, 6.45) is 2.08. The van der Waals surface area contributed by atoms with Crippen molar-refractivity contribution in [2.24, 2.45) is 5.92 Å². The van der Waals surface area contributed by atoms with Crippen molar-refractivity contribution in [3.8, 4) is 0 Å². The second-order valence-corrected chi connectivity index (χ2v) is 7.14. The Morgan fingerprint density at radius 2 is 2.00 bits per heavy atom. The van der Waals surface area contributed by atoms with Crippen molar-refractivity contribution in [3.05, 3.63) is 0 Å². The van der Waals surface area contributed by atoms with Crippen LogP contribution in [-0.2, 0) is 10.0 Å². The Bertz CT molecular complexity index is 306. The third kappa shape index (κ3) is 1.65. The van der Waals surface area contributed by atoms with Crippen LogP contribution in [0.25, 0.3) is 0 Å². The van der Waals surface area contributed by atoms with Gasteiger partial charge in [0.05, 0.1) is 5.60 Å². The van der Waals surface area contributed by atoms with Gasteiger partial charge in [-0.1, -0.05) is 15.9 Å². The summed E-state index contributed by atoms with van der Waals surface area (Å²) in [4.78, 5) is 0. The van der Waals surface area contributed by atoms with Gasteiger partial charge in [0, 0.05) is 13.1 Å². The first-order valence-electron chi connectivity index (χ1n) is 4.24. The highest BCUT2D eigenvalue weighted by Gasteiger charge is 2.54. The maximum absolute atomic E-state index is 11.3. The van der Waals surface area contributed by atoms with E-state index >= 15 is 0 Å². The number of sulfonamides is 1. The molecule has 0 aromatic rings. The molecule has 2 fully saturated rings. The highest BCUT2D eigenvalue weighted by Crippen LogP contribution is 2.45. The van der Waals surface area contributed by atoms with E-state index in [0.717, 1.165) is 12.8 Å². The van der Waals surface area contributed by atoms with Crippen LogP contribution in [0.2, 0.25) is 0 Å². The molecule has 1 saturated carbocycles. The zero-order valence-electron chi connectivity index (χ0n) is 7.11. The summed E-state index contributed by atoms with van der Waals surface area (Å²) in [5.74, 6) is 0.342. The summed E-state index contributed by atoms with van der Waals surface area (Å²) < 4.78 is 23.8. The molecule has 2 aliphatic rings. The fraction of sp³-hybridized carbons (Fsp3) is 1.00. The average molecular weight is 270 g/mol. The average Bonchev–Trinajstić information content (AvgIpc) is 2.80. The molecule has 0 atom stereocenters. The van der Waals surface area contributed by atoms with Crippen LogP contribution in [-0.4, -0.2) is 41.2 Å². The van der Waals surface area contributed by atoms with Crippen molar-refractivity contribution in [1.29, 1.82) is 0 Å². The van der Waals surface area contributed by atoms with Gasteiger partial charge >= 0.3 is 0 Å². The summed E-state index contributed by atoms with van der Waals surface area (Å²) in [7, 11) is -3.15. The molecule has 2 rings (SSSR count). The first-order valence-corrected chi connectivity index (χ1v) is 6.97. The summed E-state index contributed by atoms with van der Waals surface area (Å²) in [6.45, 7) is 0.567. The van der Waals surface area contributed by atoms with Crippen molar-refractivity contribution in [3.63, 3.8) is 0 Å². The summed E-state index contributed by atoms with van der Waals surface area (Å²) in [5, 5.41) is 9.86. The monoisotopic (exact) mass is 269 g/mol. The van der Waals surface area contributed by atoms with Crippen LogP contribution < -0.4 is 0 Å². The molecule has 13 heavy (non-hydrogen) atoms. The molecule has 1 N–H and O–H groups in total. The first-order chi connectivity index (χ1) is 5.98. The molecule has 6 heteroatoms. The van der Waals surface area contributed by atoms with Gasteiger partial charge in [-0.2, -0.15) is 4.31 Å². The standard InChI is InChI=1S/C7H12BrNO3S/c8-5-13(11,12)9-3-7(10,4-9)6-1-2-6/h6,10H,1-5H2. The van der Waals surface area contributed by atoms with E-state index in [0.29, 0.717) is 5.92 Å². The van der Waals surface area contributed by atoms with Gasteiger partial charge in [0.25, 0.3) is 0 Å². The number of β-amino-alcohol motifs (C(OH)–C–C–N with tert-alkyl or cyclic N) is 1. The van der Waals surface area contributed by atoms with Gasteiger partial charge < -0.3 is 5.11 Å². The van der Waals surface area contributed by atoms with Crippen LogP contribution in [0.4, 0.5) is 0 Å². The molecule has 0 radical (unpaired) electrons. The SMILES string of the molecule is O=S(=O)(CBr)N1CC(O)(C2CC2)C1. The van der Waals surface area contributed by atoms with Crippen molar-refractivity contribution < 1.29 is 13.5 Å². The molecule has 0 aromatic carbocycles. The van der Waals surface area contributed by atoms with Crippen molar-refractivity contribution in [2.45, 2.75) is 18.4 Å². The number of alkyl halides is 1. The maximum atomic E-state index is 11.3. The number of hydrogen-bond acceptors (Lipinski definition) is 3. The second kappa shape index (κ2) is 2.92. The van der Waals surface area contributed by atoms with E-state index in [9.17, 15) is 13.5 Å². The van der Waals surface area contributed by atoms with E-state index in [2.05, 4.69) is 15.9 Å². The van der Waals surface area contributed by atoms with E-state index in [1.165, 1.54) is 4.31 Å². The van der Waals surface area contributed by atoms with Crippen LogP contribution in [0.3, 0.4) is 0 Å². The third-order valence-corrected chi connectivity index (χ3v) is 5.83. The Kier molecular flexibility index (Phi) is 2.22. The summed E-state index contributed by atoms with van der Waals surface area (Å²) >= 11 is 2.93. The summed E-state index contributed by atoms with van der Waals surface area (Å²) in [6, 6.07) is 0. The van der Waals surface area contributed by atoms with Crippen molar-refractivity contribution >= 4 is 26.0 Å². The lowest BCUT2D eigenvalue weighted by Gasteiger charge is -2.45. The molecule has 1 aliphatic carbocycles. The van der Waals surface area contributed by atoms with Crippen LogP contribution in [0.5, 0.6) is 0 Å². The lowest BCUT2D eigenvalue weighted by molar-refractivity contribution is -0.0762. The molecule has 76 valence electrons. The largest absolute Gasteiger partial charge is 0.387 e. The molecule has 4 nitrogen and oxygen atoms in total. The normalized spacial score (nSPS) is 28.5. The highest BCUT2D eigenvalue weighted by atomic mass is 79.9. The smallest absolute Gasteiger partial charge is 0.224 e. The molecule has 0 unspecified atom stereocenters. The Hall–Kier alpha value is 0.350. The lowest BCUT2D eigenvalue weighted by Crippen LogP contribution is -2.64. The zero-order valence-corrected chi connectivity index (χ0v) is 9.51. The fourth-order valence-corrected chi connectivity index (χ4v) is 3.56. The predicted octanol–water partition coefficient (Wildman–Crippen LogP) is 0.125. The third-order valence-electron chi connectivity index (χ3n) is 2.77. The van der Waals surface area contributed by atoms with Gasteiger partial charge in [-0.15, -0.1) is 0 Å². The molecule has 1 heterocycles. The van der Waals surface area contributed by atoms with E-state index in [1.807, 2.05) is 0 Å². The van der Waals surface area contributed by atoms with E-state index < -0.39 is 15.6 Å². The molecule has 0 aromatic heterocycles. The molecule has 1 aliphatic heterocycles. The number of rotatable bonds is 3. The molecule has 0 bridgehead atoms. The minimum Gasteiger partial charge on any atom is -0.387 e. The van der Waals surface area contributed by atoms with Crippen LogP contribution in [0.1, 0.15) is 12.8 Å². The van der Waals surface area contributed by atoms with E-state index in [-0.39, 0.29) is 17.8 Å². The quantitative estimate of drug-likeness (QED) is 0.741. The fourth-order valence-electron chi connectivity index (χ4n) is 1.71. The van der Waals surface area contributed by atoms with Crippen LogP contribution in [0, 0.1) is 5.92 Å². The van der Waals surface area contributed by atoms with E-state index in [1.54, 1.807) is 0 Å². The number of hydrogen-bond donors (Lipinski definition) is 1. The molecule has 0 spiro atoms. The van der Waals surface area contributed by atoms with Crippen molar-refractivity contribution in [1.82, 2.24) is 4.31 Å². The Balaban J connectivity index is 1.97. The Morgan fingerprint density at radius 1 is 1.46 bits per heavy atom. The maximum Gasteiger partial charge on any atom is 0.224 e. The number of nitrogens with zero attached hydrogens (tertiary/aromatic N) is 1. The minimum atomic E-state index is -3.15. The molecule has 0 amide bonds. The molecular formula is C7H12BrNO3S. The van der Waals surface area contributed by atoms with Gasteiger partial charge in [0.2, 0.25) is 10.0 Å². The first kappa shape index (κ1) is 9.89. The zero-order chi connectivity index (χ0) is 9.69. The van der Waals surface area contributed by atoms with Gasteiger partial charge in [-0.25, -0.2) is 8.42 Å². The van der Waals surface area contributed by atoms with Gasteiger partial charge in [-0.05, 0) is 18.8 Å². The second-order valence-electron chi connectivity index (χ2n) is 3.87. The minimum absolute atomic E-state index is 0.0548. The molecular weight excluding hydrogens is 258 g/mol. The number of halogens is 1. The van der Waals surface area contributed by atoms with Crippen LogP contribution >= 0.6 is 15.9 Å². The summed E-state index contributed by atoms with van der Waals surface area (Å²) in [5.41, 5.74) is -0.713. The topological polar surface area (TPSA) is 57.6 Å². The molecule has 1 saturated heterocycles. The van der Waals surface area contributed by atoms with Crippen molar-refractivity contribution in [2.75, 3.05) is 17.8 Å². The van der Waals surface area contributed by atoms with Crippen LogP contribution in [0.15, 0.2) is 0 Å². The Labute approximate surface area is 86.1 Å². The van der Waals surface area contributed by atoms with E-state index in [4.69, 9.17) is 0 Å². The van der Waals surface area contributed by atoms with Gasteiger partial charge in [0.15, 0.2) is 0 Å². The number of aliphatic hydroxyl groups is 1. The highest BCUT2D eigenvalue weighted by molar-refractivity contribution is 9.10. The van der Waals surface area contributed by atoms with Gasteiger partial charge in [-0.3, -0.25) is 0 Å². The Morgan fingerprint density at radius 3 is 2.38 bits per heavy atom.